The van der Waals surface area contributed by atoms with E-state index in [0.717, 1.165) is 36.1 Å². The topological polar surface area (TPSA) is 75.2 Å². The Kier molecular flexibility index (Phi) is 4.88. The van der Waals surface area contributed by atoms with Crippen molar-refractivity contribution < 1.29 is 8.42 Å². The van der Waals surface area contributed by atoms with Gasteiger partial charge in [0.1, 0.15) is 5.82 Å². The Balaban J connectivity index is 1.44. The Bertz CT molecular complexity index is 1280. The number of benzene rings is 2. The molecule has 2 aromatic carbocycles. The van der Waals surface area contributed by atoms with Gasteiger partial charge in [-0.1, -0.05) is 30.3 Å². The zero-order chi connectivity index (χ0) is 20.6. The quantitative estimate of drug-likeness (QED) is 0.499. The second-order valence-corrected chi connectivity index (χ2v) is 9.88. The van der Waals surface area contributed by atoms with Crippen molar-refractivity contribution in [3.8, 4) is 0 Å². The first-order valence-electron chi connectivity index (χ1n) is 9.71. The molecule has 0 spiro atoms. The Morgan fingerprint density at radius 1 is 1.03 bits per heavy atom. The van der Waals surface area contributed by atoms with E-state index in [2.05, 4.69) is 43.9 Å². The number of nitrogens with zero attached hydrogens (tertiary/aromatic N) is 3. The lowest BCUT2D eigenvalue weighted by Crippen LogP contribution is -2.20. The van der Waals surface area contributed by atoms with Gasteiger partial charge in [-0.3, -0.25) is 4.72 Å². The van der Waals surface area contributed by atoms with Gasteiger partial charge >= 0.3 is 0 Å². The highest BCUT2D eigenvalue weighted by molar-refractivity contribution is 7.93. The summed E-state index contributed by atoms with van der Waals surface area (Å²) in [4.78, 5) is 11.1. The summed E-state index contributed by atoms with van der Waals surface area (Å²) in [5.74, 6) is 1.38. The van der Waals surface area contributed by atoms with Crippen molar-refractivity contribution in [2.75, 3.05) is 22.7 Å². The molecule has 3 heterocycles. The predicted octanol–water partition coefficient (Wildman–Crippen LogP) is 4.49. The lowest BCUT2D eigenvalue weighted by Gasteiger charge is -2.20. The fourth-order valence-corrected chi connectivity index (χ4v) is 5.78. The second kappa shape index (κ2) is 7.70. The monoisotopic (exact) mass is 436 g/mol. The van der Waals surface area contributed by atoms with Crippen LogP contribution in [0.3, 0.4) is 0 Å². The van der Waals surface area contributed by atoms with Crippen molar-refractivity contribution in [3.05, 3.63) is 77.9 Å². The third kappa shape index (κ3) is 3.64. The number of sulfonamides is 1. The van der Waals surface area contributed by atoms with E-state index in [9.17, 15) is 8.42 Å². The average Bonchev–Trinajstić information content (AvgIpc) is 3.45. The number of hydrogen-bond donors (Lipinski definition) is 1. The number of anilines is 2. The Hall–Kier alpha value is -2.97. The summed E-state index contributed by atoms with van der Waals surface area (Å²) in [6, 6.07) is 17.6. The van der Waals surface area contributed by atoms with Crippen LogP contribution in [0.15, 0.2) is 77.3 Å². The zero-order valence-corrected chi connectivity index (χ0v) is 17.7. The molecule has 0 amide bonds. The van der Waals surface area contributed by atoms with E-state index >= 15 is 0 Å². The molecule has 1 saturated heterocycles. The van der Waals surface area contributed by atoms with Crippen molar-refractivity contribution in [2.45, 2.75) is 17.2 Å². The summed E-state index contributed by atoms with van der Waals surface area (Å²) in [6.45, 7) is 1.83. The van der Waals surface area contributed by atoms with Gasteiger partial charge in [0.05, 0.1) is 4.90 Å². The SMILES string of the molecule is O=S(=O)(Nc1nccs1)c1ccc2c(N3CCC(c4ccccc4)C3)nccc2c1. The molecule has 0 saturated carbocycles. The lowest BCUT2D eigenvalue weighted by atomic mass is 9.99. The molecule has 1 unspecified atom stereocenters. The summed E-state index contributed by atoms with van der Waals surface area (Å²) in [5, 5.41) is 3.90. The Morgan fingerprint density at radius 3 is 2.70 bits per heavy atom. The highest BCUT2D eigenvalue weighted by Crippen LogP contribution is 2.34. The molecule has 0 aliphatic carbocycles. The second-order valence-electron chi connectivity index (χ2n) is 7.30. The van der Waals surface area contributed by atoms with E-state index in [1.165, 1.54) is 16.9 Å². The fraction of sp³-hybridized carbons (Fsp3) is 0.182. The number of pyridine rings is 1. The summed E-state index contributed by atoms with van der Waals surface area (Å²) >= 11 is 1.25. The van der Waals surface area contributed by atoms with Crippen molar-refractivity contribution in [1.29, 1.82) is 0 Å². The summed E-state index contributed by atoms with van der Waals surface area (Å²) in [5.41, 5.74) is 1.35. The molecule has 0 bridgehead atoms. The van der Waals surface area contributed by atoms with Crippen LogP contribution in [-0.4, -0.2) is 31.5 Å². The van der Waals surface area contributed by atoms with Crippen LogP contribution in [0.4, 0.5) is 10.9 Å². The molecular formula is C22H20N4O2S2. The number of nitrogens with one attached hydrogen (secondary N) is 1. The van der Waals surface area contributed by atoms with Crippen molar-refractivity contribution in [2.24, 2.45) is 0 Å². The maximum Gasteiger partial charge on any atom is 0.263 e. The van der Waals surface area contributed by atoms with Gasteiger partial charge in [-0.15, -0.1) is 11.3 Å². The summed E-state index contributed by atoms with van der Waals surface area (Å²) < 4.78 is 28.0. The molecule has 2 aromatic heterocycles. The number of fused-ring (bicyclic) bond motifs is 1. The predicted molar refractivity (Wildman–Crippen MR) is 121 cm³/mol. The largest absolute Gasteiger partial charge is 0.355 e. The summed E-state index contributed by atoms with van der Waals surface area (Å²) in [7, 11) is -3.69. The molecule has 0 radical (unpaired) electrons. The third-order valence-corrected chi connectivity index (χ3v) is 7.59. The van der Waals surface area contributed by atoms with Crippen LogP contribution >= 0.6 is 11.3 Å². The van der Waals surface area contributed by atoms with Crippen LogP contribution in [-0.2, 0) is 10.0 Å². The fourth-order valence-electron chi connectivity index (χ4n) is 3.96. The highest BCUT2D eigenvalue weighted by Gasteiger charge is 2.26. The number of thiazole rings is 1. The highest BCUT2D eigenvalue weighted by atomic mass is 32.2. The molecule has 1 aliphatic rings. The van der Waals surface area contributed by atoms with E-state index < -0.39 is 10.0 Å². The maximum atomic E-state index is 12.7. The van der Waals surface area contributed by atoms with Crippen LogP contribution in [0.1, 0.15) is 17.9 Å². The van der Waals surface area contributed by atoms with Crippen molar-refractivity contribution in [3.63, 3.8) is 0 Å². The van der Waals surface area contributed by atoms with Crippen LogP contribution in [0.2, 0.25) is 0 Å². The minimum absolute atomic E-state index is 0.214. The first kappa shape index (κ1) is 19.0. The van der Waals surface area contributed by atoms with Crippen LogP contribution in [0, 0.1) is 0 Å². The molecule has 1 N–H and O–H groups in total. The molecule has 6 nitrogen and oxygen atoms in total. The smallest absolute Gasteiger partial charge is 0.263 e. The Morgan fingerprint density at radius 2 is 1.90 bits per heavy atom. The van der Waals surface area contributed by atoms with Gasteiger partial charge in [-0.05, 0) is 41.6 Å². The molecule has 1 atom stereocenters. The Labute approximate surface area is 179 Å². The van der Waals surface area contributed by atoms with E-state index in [0.29, 0.717) is 11.0 Å². The number of aromatic nitrogens is 2. The number of hydrogen-bond acceptors (Lipinski definition) is 6. The van der Waals surface area contributed by atoms with Gasteiger partial charge in [-0.25, -0.2) is 18.4 Å². The molecule has 152 valence electrons. The normalized spacial score (nSPS) is 16.8. The standard InChI is InChI=1S/C22H20N4O2S2/c27-30(28,25-22-24-11-13-29-22)19-6-7-20-17(14-19)8-10-23-21(20)26-12-9-18(15-26)16-4-2-1-3-5-16/h1-8,10-11,13-14,18H,9,12,15H2,(H,24,25). The van der Waals surface area contributed by atoms with Crippen molar-refractivity contribution in [1.82, 2.24) is 9.97 Å². The molecule has 30 heavy (non-hydrogen) atoms. The van der Waals surface area contributed by atoms with Crippen LogP contribution in [0.25, 0.3) is 10.8 Å². The van der Waals surface area contributed by atoms with Gasteiger partial charge in [0.25, 0.3) is 10.0 Å². The van der Waals surface area contributed by atoms with E-state index in [4.69, 9.17) is 0 Å². The zero-order valence-electron chi connectivity index (χ0n) is 16.1. The molecule has 4 aromatic rings. The molecule has 5 rings (SSSR count). The van der Waals surface area contributed by atoms with Gasteiger partial charge < -0.3 is 4.90 Å². The van der Waals surface area contributed by atoms with Gasteiger partial charge in [0.15, 0.2) is 5.13 Å². The molecular weight excluding hydrogens is 416 g/mol. The third-order valence-electron chi connectivity index (χ3n) is 5.44. The van der Waals surface area contributed by atoms with E-state index in [1.54, 1.807) is 29.9 Å². The molecule has 8 heteroatoms. The summed E-state index contributed by atoms with van der Waals surface area (Å²) in [6.07, 6.45) is 4.39. The first-order chi connectivity index (χ1) is 14.6. The van der Waals surface area contributed by atoms with Gasteiger partial charge in [-0.2, -0.15) is 0 Å². The van der Waals surface area contributed by atoms with Gasteiger partial charge in [0, 0.05) is 42.2 Å². The molecule has 1 fully saturated rings. The number of rotatable bonds is 5. The maximum absolute atomic E-state index is 12.7. The van der Waals surface area contributed by atoms with E-state index in [-0.39, 0.29) is 4.90 Å². The first-order valence-corrected chi connectivity index (χ1v) is 12.1. The average molecular weight is 437 g/mol. The van der Waals surface area contributed by atoms with Crippen LogP contribution < -0.4 is 9.62 Å². The minimum Gasteiger partial charge on any atom is -0.355 e. The van der Waals surface area contributed by atoms with Gasteiger partial charge in [0.2, 0.25) is 0 Å². The van der Waals surface area contributed by atoms with Crippen LogP contribution in [0.5, 0.6) is 0 Å². The minimum atomic E-state index is -3.69. The lowest BCUT2D eigenvalue weighted by molar-refractivity contribution is 0.601. The van der Waals surface area contributed by atoms with Crippen molar-refractivity contribution >= 4 is 43.1 Å². The van der Waals surface area contributed by atoms with E-state index in [1.807, 2.05) is 18.2 Å². The molecule has 1 aliphatic heterocycles.